The molecule has 0 aromatic carbocycles. The first kappa shape index (κ1) is 29.8. The van der Waals surface area contributed by atoms with E-state index in [1.807, 2.05) is 13.8 Å². The van der Waals surface area contributed by atoms with Crippen LogP contribution >= 0.6 is 0 Å². The van der Waals surface area contributed by atoms with Gasteiger partial charge in [0.2, 0.25) is 0 Å². The molecule has 4 aliphatic rings. The van der Waals surface area contributed by atoms with Crippen molar-refractivity contribution >= 4 is 11.9 Å². The van der Waals surface area contributed by atoms with E-state index in [4.69, 9.17) is 4.74 Å². The highest BCUT2D eigenvalue weighted by atomic mass is 16.5. The molecule has 7 nitrogen and oxygen atoms in total. The first-order chi connectivity index (χ1) is 18.2. The van der Waals surface area contributed by atoms with Crippen LogP contribution in [-0.2, 0) is 14.3 Å². The number of aliphatic hydroxyl groups excluding tert-OH is 2. The van der Waals surface area contributed by atoms with E-state index in [1.165, 1.54) is 6.92 Å². The Morgan fingerprint density at radius 2 is 1.79 bits per heavy atom. The number of hydrogen-bond acceptors (Lipinski definition) is 6. The molecule has 0 unspecified atom stereocenters. The highest BCUT2D eigenvalue weighted by molar-refractivity contribution is 5.95. The summed E-state index contributed by atoms with van der Waals surface area (Å²) in [6.07, 6.45) is 8.11. The molecule has 0 radical (unpaired) electrons. The number of carbonyl (C=O) groups is 2. The van der Waals surface area contributed by atoms with Crippen LogP contribution in [-0.4, -0.2) is 40.4 Å². The lowest BCUT2D eigenvalue weighted by molar-refractivity contribution is -0.234. The molecule has 4 saturated carbocycles. The van der Waals surface area contributed by atoms with Gasteiger partial charge >= 0.3 is 5.97 Å². The van der Waals surface area contributed by atoms with Crippen LogP contribution in [0.15, 0.2) is 22.8 Å². The third-order valence-corrected chi connectivity index (χ3v) is 11.8. The third kappa shape index (κ3) is 4.76. The molecule has 0 bridgehead atoms. The van der Waals surface area contributed by atoms with Crippen LogP contribution in [0.3, 0.4) is 0 Å². The Bertz CT molecular complexity index is 1100. The number of aliphatic hydroxyl groups is 2. The Hall–Kier alpha value is -2.17. The summed E-state index contributed by atoms with van der Waals surface area (Å²) in [5, 5.41) is 34.3. The van der Waals surface area contributed by atoms with Crippen molar-refractivity contribution < 1.29 is 24.5 Å². The summed E-state index contributed by atoms with van der Waals surface area (Å²) in [4.78, 5) is 25.7. The summed E-state index contributed by atoms with van der Waals surface area (Å²) in [5.41, 5.74) is 1.78. The molecular weight excluding hydrogens is 492 g/mol. The Morgan fingerprint density at radius 1 is 1.10 bits per heavy atom. The zero-order chi connectivity index (χ0) is 28.9. The van der Waals surface area contributed by atoms with Gasteiger partial charge in [0.15, 0.2) is 6.19 Å². The first-order valence-corrected chi connectivity index (χ1v) is 14.8. The lowest BCUT2D eigenvalue weighted by atomic mass is 9.36. The SMILES string of the molecule is CC(=O)O[C@H]1C[C@@]2(C)[C@@H](C[C@@H](O)[C@H]3[C@@]4(C)CC[C@@H](O)[C@@H](C)[C@@H]4CC[C@@]32C)/C1=C(\CCC=C(C)C)C(=O)NC#N. The fourth-order valence-corrected chi connectivity index (χ4v) is 9.93. The number of fused-ring (bicyclic) bond motifs is 5. The molecule has 0 aromatic heterocycles. The van der Waals surface area contributed by atoms with Crippen LogP contribution in [0.25, 0.3) is 0 Å². The molecule has 4 fully saturated rings. The smallest absolute Gasteiger partial charge is 0.303 e. The van der Waals surface area contributed by atoms with E-state index in [2.05, 4.69) is 39.1 Å². The monoisotopic (exact) mass is 540 g/mol. The standard InChI is InChI=1S/C32H48N2O5/c1-18(2)9-8-10-21(29(38)34-17-33)27-23-15-25(37)28-30(5)13-12-24(36)19(3)22(30)11-14-31(28,6)32(23,7)16-26(27)39-20(4)35/h9,19,22-26,28,36-37H,8,10-16H2,1-7H3,(H,34,38)/b27-21-/t19-,22-,23-,24+,25+,26-,28-,30-,31-,32-/m0/s1. The number of amides is 1. The van der Waals surface area contributed by atoms with E-state index < -0.39 is 24.1 Å². The number of nitrogens with one attached hydrogen (secondary N) is 1. The molecule has 3 N–H and O–H groups in total. The minimum atomic E-state index is -0.576. The maximum absolute atomic E-state index is 13.3. The molecule has 0 aromatic rings. The van der Waals surface area contributed by atoms with Crippen LogP contribution < -0.4 is 5.32 Å². The zero-order valence-electron chi connectivity index (χ0n) is 24.8. The largest absolute Gasteiger partial charge is 0.458 e. The van der Waals surface area contributed by atoms with Crippen LogP contribution in [0.5, 0.6) is 0 Å². The van der Waals surface area contributed by atoms with Crippen LogP contribution in [0.4, 0.5) is 0 Å². The van der Waals surface area contributed by atoms with Crippen molar-refractivity contribution in [3.05, 3.63) is 22.8 Å². The summed E-state index contributed by atoms with van der Waals surface area (Å²) in [6.45, 7) is 14.5. The van der Waals surface area contributed by atoms with Gasteiger partial charge in [0.05, 0.1) is 12.2 Å². The number of ether oxygens (including phenoxy) is 1. The summed E-state index contributed by atoms with van der Waals surface area (Å²) in [6, 6.07) is 0. The van der Waals surface area contributed by atoms with E-state index in [9.17, 15) is 25.1 Å². The third-order valence-electron chi connectivity index (χ3n) is 11.8. The van der Waals surface area contributed by atoms with Gasteiger partial charge in [-0.2, -0.15) is 5.26 Å². The zero-order valence-corrected chi connectivity index (χ0v) is 24.8. The van der Waals surface area contributed by atoms with Gasteiger partial charge in [-0.1, -0.05) is 39.3 Å². The van der Waals surface area contributed by atoms with Crippen molar-refractivity contribution in [1.82, 2.24) is 5.32 Å². The van der Waals surface area contributed by atoms with Gasteiger partial charge in [0.25, 0.3) is 5.91 Å². The molecule has 1 amide bonds. The number of rotatable bonds is 5. The summed E-state index contributed by atoms with van der Waals surface area (Å²) >= 11 is 0. The van der Waals surface area contributed by atoms with E-state index in [0.717, 1.165) is 36.8 Å². The van der Waals surface area contributed by atoms with Gasteiger partial charge in [-0.05, 0) is 111 Å². The quantitative estimate of drug-likeness (QED) is 0.145. The Balaban J connectivity index is 1.85. The second kappa shape index (κ2) is 10.7. The van der Waals surface area contributed by atoms with Crippen molar-refractivity contribution in [2.45, 2.75) is 118 Å². The first-order valence-electron chi connectivity index (χ1n) is 14.8. The predicted octanol–water partition coefficient (Wildman–Crippen LogP) is 5.18. The van der Waals surface area contributed by atoms with Crippen LogP contribution in [0.2, 0.25) is 0 Å². The normalized spacial score (nSPS) is 44.2. The molecule has 7 heteroatoms. The van der Waals surface area contributed by atoms with Gasteiger partial charge in [-0.15, -0.1) is 0 Å². The number of hydrogen-bond donors (Lipinski definition) is 3. The number of esters is 1. The van der Waals surface area contributed by atoms with Crippen molar-refractivity contribution in [3.8, 4) is 6.19 Å². The average Bonchev–Trinajstić information content (AvgIpc) is 3.11. The van der Waals surface area contributed by atoms with Crippen molar-refractivity contribution in [2.75, 3.05) is 0 Å². The van der Waals surface area contributed by atoms with Crippen LogP contribution in [0, 0.1) is 51.4 Å². The van der Waals surface area contributed by atoms with Crippen molar-refractivity contribution in [1.29, 1.82) is 5.26 Å². The molecule has 0 aliphatic heterocycles. The minimum Gasteiger partial charge on any atom is -0.458 e. The van der Waals surface area contributed by atoms with Crippen molar-refractivity contribution in [2.24, 2.45) is 39.9 Å². The highest BCUT2D eigenvalue weighted by Gasteiger charge is 2.70. The molecule has 0 heterocycles. The summed E-state index contributed by atoms with van der Waals surface area (Å²) < 4.78 is 5.95. The van der Waals surface area contributed by atoms with E-state index in [0.29, 0.717) is 37.2 Å². The maximum atomic E-state index is 13.3. The summed E-state index contributed by atoms with van der Waals surface area (Å²) in [5.74, 6) is -0.401. The molecule has 10 atom stereocenters. The molecule has 0 spiro atoms. The molecular formula is C32H48N2O5. The number of nitrogens with zero attached hydrogens (tertiary/aromatic N) is 1. The molecule has 0 saturated heterocycles. The molecule has 39 heavy (non-hydrogen) atoms. The van der Waals surface area contributed by atoms with E-state index in [1.54, 1.807) is 6.19 Å². The maximum Gasteiger partial charge on any atom is 0.303 e. The fraction of sp³-hybridized carbons (Fsp3) is 0.781. The van der Waals surface area contributed by atoms with Gasteiger partial charge in [0.1, 0.15) is 6.10 Å². The van der Waals surface area contributed by atoms with Gasteiger partial charge < -0.3 is 14.9 Å². The molecule has 4 aliphatic carbocycles. The predicted molar refractivity (Wildman–Crippen MR) is 149 cm³/mol. The lowest BCUT2D eigenvalue weighted by Gasteiger charge is -2.69. The molecule has 216 valence electrons. The Kier molecular flexibility index (Phi) is 8.15. The fourth-order valence-electron chi connectivity index (χ4n) is 9.93. The number of carbonyl (C=O) groups excluding carboxylic acids is 2. The Labute approximate surface area is 234 Å². The molecule has 4 rings (SSSR count). The van der Waals surface area contributed by atoms with Crippen molar-refractivity contribution in [3.63, 3.8) is 0 Å². The Morgan fingerprint density at radius 3 is 2.41 bits per heavy atom. The van der Waals surface area contributed by atoms with E-state index >= 15 is 0 Å². The number of nitriles is 1. The highest BCUT2D eigenvalue weighted by Crippen LogP contribution is 2.74. The van der Waals surface area contributed by atoms with Gasteiger partial charge in [-0.3, -0.25) is 14.9 Å². The van der Waals surface area contributed by atoms with E-state index in [-0.39, 0.29) is 40.1 Å². The average molecular weight is 541 g/mol. The second-order valence-corrected chi connectivity index (χ2v) is 13.9. The lowest BCUT2D eigenvalue weighted by Crippen LogP contribution is -2.65. The topological polar surface area (TPSA) is 120 Å². The van der Waals surface area contributed by atoms with Gasteiger partial charge in [-0.25, -0.2) is 0 Å². The van der Waals surface area contributed by atoms with Crippen LogP contribution in [0.1, 0.15) is 99.8 Å². The van der Waals surface area contributed by atoms with Gasteiger partial charge in [0, 0.05) is 12.5 Å². The number of allylic oxidation sites excluding steroid dienone is 2. The summed E-state index contributed by atoms with van der Waals surface area (Å²) in [7, 11) is 0. The minimum absolute atomic E-state index is 0.0411. The second-order valence-electron chi connectivity index (χ2n) is 13.9.